The Labute approximate surface area is 128 Å². The number of aliphatic hydroxyl groups excluding tert-OH is 1. The zero-order chi connectivity index (χ0) is 14.0. The average molecular weight is 379 g/mol. The minimum atomic E-state index is -0.419. The topological polar surface area (TPSA) is 49.8 Å². The Morgan fingerprint density at radius 1 is 1.53 bits per heavy atom. The second-order valence-corrected chi connectivity index (χ2v) is 6.86. The van der Waals surface area contributed by atoms with Gasteiger partial charge in [0.2, 0.25) is 0 Å². The third-order valence-corrected chi connectivity index (χ3v) is 5.86. The summed E-state index contributed by atoms with van der Waals surface area (Å²) in [6.45, 7) is 5.48. The minimum absolute atomic E-state index is 0.202. The number of carbonyl (C=O) groups is 1. The van der Waals surface area contributed by atoms with Gasteiger partial charge in [0, 0.05) is 24.1 Å². The second-order valence-electron chi connectivity index (χ2n) is 6.10. The highest BCUT2D eigenvalue weighted by molar-refractivity contribution is 14.1. The molecular formula is C14H22INO3. The lowest BCUT2D eigenvalue weighted by Crippen LogP contribution is -2.38. The van der Waals surface area contributed by atoms with E-state index >= 15 is 0 Å². The Kier molecular flexibility index (Phi) is 4.76. The molecule has 1 fully saturated rings. The number of amides is 1. The number of carbonyl (C=O) groups excluding carboxylic acids is 1. The third-order valence-electron chi connectivity index (χ3n) is 4.02. The molecule has 1 amide bonds. The number of halogens is 1. The van der Waals surface area contributed by atoms with E-state index in [1.807, 2.05) is 13.8 Å². The van der Waals surface area contributed by atoms with E-state index in [4.69, 9.17) is 4.74 Å². The molecule has 1 aliphatic heterocycles. The van der Waals surface area contributed by atoms with Crippen molar-refractivity contribution < 1.29 is 14.6 Å². The maximum atomic E-state index is 12.2. The molecule has 5 heteroatoms. The van der Waals surface area contributed by atoms with Crippen molar-refractivity contribution in [2.45, 2.75) is 25.9 Å². The van der Waals surface area contributed by atoms with Crippen molar-refractivity contribution in [2.75, 3.05) is 24.1 Å². The number of ether oxygens (including phenoxy) is 1. The zero-order valence-corrected chi connectivity index (χ0v) is 13.7. The highest BCUT2D eigenvalue weighted by atomic mass is 127. The summed E-state index contributed by atoms with van der Waals surface area (Å²) in [5.74, 6) is 1.04. The number of aliphatic hydroxyl groups is 1. The average Bonchev–Trinajstić information content (AvgIpc) is 2.82. The zero-order valence-electron chi connectivity index (χ0n) is 11.5. The van der Waals surface area contributed by atoms with Gasteiger partial charge in [-0.15, -0.1) is 0 Å². The van der Waals surface area contributed by atoms with E-state index in [2.05, 4.69) is 34.7 Å². The largest absolute Gasteiger partial charge is 0.443 e. The predicted molar refractivity (Wildman–Crippen MR) is 82.3 cm³/mol. The number of allylic oxidation sites excluding steroid dienone is 1. The van der Waals surface area contributed by atoms with Crippen molar-refractivity contribution in [1.82, 2.24) is 4.90 Å². The quantitative estimate of drug-likeness (QED) is 0.466. The number of rotatable bonds is 3. The number of likely N-dealkylation sites (tertiary alicyclic amines) is 1. The van der Waals surface area contributed by atoms with E-state index in [-0.39, 0.29) is 18.6 Å². The fourth-order valence-electron chi connectivity index (χ4n) is 2.85. The van der Waals surface area contributed by atoms with Crippen LogP contribution in [0.5, 0.6) is 0 Å². The monoisotopic (exact) mass is 379 g/mol. The fourth-order valence-corrected chi connectivity index (χ4v) is 3.00. The number of alkyl halides is 1. The van der Waals surface area contributed by atoms with Crippen molar-refractivity contribution in [2.24, 2.45) is 17.8 Å². The number of hydrogen-bond donors (Lipinski definition) is 1. The molecule has 0 saturated carbocycles. The second kappa shape index (κ2) is 5.99. The molecule has 0 radical (unpaired) electrons. The molecule has 1 heterocycles. The van der Waals surface area contributed by atoms with Crippen LogP contribution in [0.4, 0.5) is 4.79 Å². The Morgan fingerprint density at radius 3 is 2.89 bits per heavy atom. The van der Waals surface area contributed by atoms with Crippen LogP contribution < -0.4 is 0 Å². The maximum absolute atomic E-state index is 12.2. The molecule has 0 aromatic heterocycles. The van der Waals surface area contributed by atoms with Gasteiger partial charge in [-0.1, -0.05) is 34.7 Å². The van der Waals surface area contributed by atoms with Gasteiger partial charge in [-0.3, -0.25) is 0 Å². The first-order valence-corrected chi connectivity index (χ1v) is 8.31. The molecule has 108 valence electrons. The van der Waals surface area contributed by atoms with Crippen LogP contribution in [0, 0.1) is 17.8 Å². The van der Waals surface area contributed by atoms with Crippen LogP contribution in [0.3, 0.4) is 0 Å². The van der Waals surface area contributed by atoms with E-state index in [1.54, 1.807) is 4.90 Å². The summed E-state index contributed by atoms with van der Waals surface area (Å²) < 4.78 is 6.31. The van der Waals surface area contributed by atoms with E-state index in [1.165, 1.54) is 0 Å². The highest BCUT2D eigenvalue weighted by Crippen LogP contribution is 2.36. The smallest absolute Gasteiger partial charge is 0.410 e. The molecule has 0 bridgehead atoms. The molecule has 2 aliphatic rings. The summed E-state index contributed by atoms with van der Waals surface area (Å²) in [6, 6.07) is 0. The number of fused-ring (bicyclic) bond motifs is 1. The van der Waals surface area contributed by atoms with Crippen molar-refractivity contribution in [1.29, 1.82) is 0 Å². The van der Waals surface area contributed by atoms with Gasteiger partial charge in [0.25, 0.3) is 0 Å². The summed E-state index contributed by atoms with van der Waals surface area (Å²) in [5.41, 5.74) is -0.419. The van der Waals surface area contributed by atoms with E-state index in [0.29, 0.717) is 24.9 Å². The van der Waals surface area contributed by atoms with Crippen molar-refractivity contribution in [3.8, 4) is 0 Å². The number of hydrogen-bond acceptors (Lipinski definition) is 3. The Hall–Kier alpha value is -0.300. The van der Waals surface area contributed by atoms with Gasteiger partial charge >= 0.3 is 6.09 Å². The normalized spacial score (nSPS) is 30.3. The lowest BCUT2D eigenvalue weighted by Gasteiger charge is -2.27. The Bertz CT molecular complexity index is 370. The first-order chi connectivity index (χ1) is 8.96. The first-order valence-electron chi connectivity index (χ1n) is 6.78. The standard InChI is InChI=1S/C14H22INO3/c1-14(2,9-15)19-13(18)16-6-10-4-3-5-11(8-17)12(10)7-16/h3-4,10-12,17H,5-9H2,1-2H3/t10-,11+,12-/m1/s1. The van der Waals surface area contributed by atoms with Crippen molar-refractivity contribution in [3.05, 3.63) is 12.2 Å². The molecule has 4 nitrogen and oxygen atoms in total. The summed E-state index contributed by atoms with van der Waals surface area (Å²) in [7, 11) is 0. The Morgan fingerprint density at radius 2 is 2.26 bits per heavy atom. The lowest BCUT2D eigenvalue weighted by molar-refractivity contribution is 0.0324. The highest BCUT2D eigenvalue weighted by Gasteiger charge is 2.41. The first kappa shape index (κ1) is 15.1. The van der Waals surface area contributed by atoms with E-state index < -0.39 is 5.60 Å². The molecule has 0 aromatic carbocycles. The summed E-state index contributed by atoms with van der Waals surface area (Å²) in [6.07, 6.45) is 5.01. The van der Waals surface area contributed by atoms with Gasteiger partial charge in [-0.05, 0) is 38.0 Å². The SMILES string of the molecule is CC(C)(CI)OC(=O)N1C[C@H]2[C@H](CO)CC=C[C@@H]2C1. The van der Waals surface area contributed by atoms with Crippen LogP contribution in [-0.2, 0) is 4.74 Å². The molecule has 1 aliphatic carbocycles. The van der Waals surface area contributed by atoms with Gasteiger partial charge in [-0.25, -0.2) is 4.79 Å². The molecule has 0 unspecified atom stereocenters. The lowest BCUT2D eigenvalue weighted by atomic mass is 9.78. The number of nitrogens with zero attached hydrogens (tertiary/aromatic N) is 1. The third kappa shape index (κ3) is 3.42. The van der Waals surface area contributed by atoms with Gasteiger partial charge in [0.1, 0.15) is 5.60 Å². The van der Waals surface area contributed by atoms with Crippen LogP contribution in [0.25, 0.3) is 0 Å². The van der Waals surface area contributed by atoms with Gasteiger partial charge in [-0.2, -0.15) is 0 Å². The van der Waals surface area contributed by atoms with Crippen LogP contribution in [0.2, 0.25) is 0 Å². The predicted octanol–water partition coefficient (Wildman–Crippen LogP) is 2.45. The minimum Gasteiger partial charge on any atom is -0.443 e. The molecule has 3 atom stereocenters. The molecule has 1 N–H and O–H groups in total. The molecule has 2 rings (SSSR count). The molecule has 19 heavy (non-hydrogen) atoms. The molecular weight excluding hydrogens is 357 g/mol. The molecule has 0 spiro atoms. The summed E-state index contributed by atoms with van der Waals surface area (Å²) in [4.78, 5) is 14.0. The molecule has 0 aromatic rings. The van der Waals surface area contributed by atoms with Gasteiger partial charge in [0.15, 0.2) is 0 Å². The Balaban J connectivity index is 1.98. The van der Waals surface area contributed by atoms with Crippen LogP contribution in [0.1, 0.15) is 20.3 Å². The maximum Gasteiger partial charge on any atom is 0.410 e. The van der Waals surface area contributed by atoms with Crippen LogP contribution >= 0.6 is 22.6 Å². The fraction of sp³-hybridized carbons (Fsp3) is 0.786. The van der Waals surface area contributed by atoms with Gasteiger partial charge < -0.3 is 14.7 Å². The summed E-state index contributed by atoms with van der Waals surface area (Å²) >= 11 is 2.23. The van der Waals surface area contributed by atoms with Gasteiger partial charge in [0.05, 0.1) is 0 Å². The van der Waals surface area contributed by atoms with Crippen LogP contribution in [-0.4, -0.2) is 45.8 Å². The molecule has 1 saturated heterocycles. The van der Waals surface area contributed by atoms with Crippen LogP contribution in [0.15, 0.2) is 12.2 Å². The van der Waals surface area contributed by atoms with E-state index in [9.17, 15) is 9.90 Å². The summed E-state index contributed by atoms with van der Waals surface area (Å²) in [5, 5.41) is 9.42. The van der Waals surface area contributed by atoms with Crippen molar-refractivity contribution >= 4 is 28.7 Å². The van der Waals surface area contributed by atoms with E-state index in [0.717, 1.165) is 10.8 Å². The van der Waals surface area contributed by atoms with Crippen molar-refractivity contribution in [3.63, 3.8) is 0 Å².